The first-order valence-electron chi connectivity index (χ1n) is 16.6. The molecule has 3 fully saturated rings. The molecular formula is C36H43N7O4S. The van der Waals surface area contributed by atoms with E-state index < -0.39 is 5.54 Å². The molecule has 0 aliphatic carbocycles. The number of amides is 4. The van der Waals surface area contributed by atoms with Crippen molar-refractivity contribution in [3.8, 4) is 17.6 Å². The Morgan fingerprint density at radius 1 is 1.17 bits per heavy atom. The fraction of sp³-hybridized carbons (Fsp3) is 0.444. The van der Waals surface area contributed by atoms with Gasteiger partial charge in [0.2, 0.25) is 0 Å². The average Bonchev–Trinajstić information content (AvgIpc) is 3.44. The number of nitrogens with zero attached hydrogens (tertiary/aromatic N) is 3. The van der Waals surface area contributed by atoms with Crippen LogP contribution in [0.3, 0.4) is 0 Å². The predicted octanol–water partition coefficient (Wildman–Crippen LogP) is 4.52. The van der Waals surface area contributed by atoms with Crippen LogP contribution in [0.25, 0.3) is 0 Å². The van der Waals surface area contributed by atoms with E-state index in [-0.39, 0.29) is 46.8 Å². The van der Waals surface area contributed by atoms with E-state index in [2.05, 4.69) is 27.3 Å². The van der Waals surface area contributed by atoms with Gasteiger partial charge in [0.1, 0.15) is 23.1 Å². The predicted molar refractivity (Wildman–Crippen MR) is 186 cm³/mol. The van der Waals surface area contributed by atoms with E-state index in [0.29, 0.717) is 48.8 Å². The highest BCUT2D eigenvalue weighted by Gasteiger charge is 2.52. The van der Waals surface area contributed by atoms with Gasteiger partial charge in [-0.3, -0.25) is 14.5 Å². The van der Waals surface area contributed by atoms with Crippen molar-refractivity contribution in [2.24, 2.45) is 5.92 Å². The zero-order valence-corrected chi connectivity index (χ0v) is 28.7. The number of carbonyl (C=O) groups excluding carboxylic acids is 3. The molecule has 4 amide bonds. The number of likely N-dealkylation sites (N-methyl/N-ethyl adjacent to an activating group) is 1. The summed E-state index contributed by atoms with van der Waals surface area (Å²) in [7, 11) is 0. The summed E-state index contributed by atoms with van der Waals surface area (Å²) in [5.74, 6) is 0.771. The Morgan fingerprint density at radius 2 is 1.96 bits per heavy atom. The fourth-order valence-electron chi connectivity index (χ4n) is 7.20. The molecule has 0 radical (unpaired) electrons. The molecule has 0 saturated carbocycles. The van der Waals surface area contributed by atoms with Crippen LogP contribution >= 0.6 is 11.8 Å². The van der Waals surface area contributed by atoms with Gasteiger partial charge >= 0.3 is 6.03 Å². The number of benzene rings is 2. The summed E-state index contributed by atoms with van der Waals surface area (Å²) in [6.07, 6.45) is 3.85. The second kappa shape index (κ2) is 14.0. The van der Waals surface area contributed by atoms with Crippen LogP contribution in [-0.2, 0) is 9.59 Å². The van der Waals surface area contributed by atoms with Gasteiger partial charge in [0, 0.05) is 42.0 Å². The van der Waals surface area contributed by atoms with Gasteiger partial charge in [-0.1, -0.05) is 36.9 Å². The zero-order valence-electron chi connectivity index (χ0n) is 27.8. The normalized spacial score (nSPS) is 24.1. The van der Waals surface area contributed by atoms with Crippen LogP contribution < -0.4 is 30.9 Å². The Balaban J connectivity index is 1.16. The molecule has 3 unspecified atom stereocenters. The molecule has 4 aliphatic heterocycles. The summed E-state index contributed by atoms with van der Waals surface area (Å²) in [4.78, 5) is 44.9. The van der Waals surface area contributed by atoms with Crippen molar-refractivity contribution in [3.05, 3.63) is 76.3 Å². The Hall–Kier alpha value is -4.31. The third-order valence-electron chi connectivity index (χ3n) is 9.29. The van der Waals surface area contributed by atoms with E-state index in [1.165, 1.54) is 11.8 Å². The van der Waals surface area contributed by atoms with E-state index in [0.717, 1.165) is 30.0 Å². The Kier molecular flexibility index (Phi) is 9.83. The number of piperidine rings is 2. The van der Waals surface area contributed by atoms with Crippen molar-refractivity contribution >= 4 is 35.3 Å². The lowest BCUT2D eigenvalue weighted by Gasteiger charge is -2.46. The average molecular weight is 670 g/mol. The third-order valence-corrected chi connectivity index (χ3v) is 10.6. The summed E-state index contributed by atoms with van der Waals surface area (Å²) in [6.45, 7) is 10.1. The highest BCUT2D eigenvalue weighted by molar-refractivity contribution is 8.04. The van der Waals surface area contributed by atoms with Crippen molar-refractivity contribution in [1.29, 1.82) is 5.26 Å². The molecule has 6 rings (SSSR count). The molecule has 48 heavy (non-hydrogen) atoms. The first-order chi connectivity index (χ1) is 23.1. The number of carbonyl (C=O) groups is 3. The number of para-hydroxylation sites is 1. The van der Waals surface area contributed by atoms with Crippen LogP contribution in [0.2, 0.25) is 0 Å². The molecule has 12 heteroatoms. The van der Waals surface area contributed by atoms with E-state index in [1.807, 2.05) is 81.1 Å². The van der Waals surface area contributed by atoms with Gasteiger partial charge in [-0.2, -0.15) is 5.26 Å². The maximum atomic E-state index is 13.8. The smallest absolute Gasteiger partial charge is 0.326 e. The van der Waals surface area contributed by atoms with Gasteiger partial charge in [-0.05, 0) is 95.1 Å². The number of anilines is 1. The van der Waals surface area contributed by atoms with Crippen molar-refractivity contribution in [2.45, 2.75) is 70.0 Å². The van der Waals surface area contributed by atoms with Crippen LogP contribution in [0.5, 0.6) is 11.5 Å². The van der Waals surface area contributed by atoms with Crippen molar-refractivity contribution in [1.82, 2.24) is 26.2 Å². The highest BCUT2D eigenvalue weighted by atomic mass is 32.2. The van der Waals surface area contributed by atoms with Crippen LogP contribution in [-0.4, -0.2) is 71.9 Å². The summed E-state index contributed by atoms with van der Waals surface area (Å²) in [6, 6.07) is 16.8. The van der Waals surface area contributed by atoms with Gasteiger partial charge in [0.05, 0.1) is 16.3 Å². The minimum absolute atomic E-state index is 0.0589. The number of ether oxygens (including phenoxy) is 1. The zero-order chi connectivity index (χ0) is 34.0. The Morgan fingerprint density at radius 3 is 2.69 bits per heavy atom. The summed E-state index contributed by atoms with van der Waals surface area (Å²) in [5, 5.41) is 22.8. The highest BCUT2D eigenvalue weighted by Crippen LogP contribution is 2.48. The molecule has 4 aliphatic rings. The minimum Gasteiger partial charge on any atom is -0.457 e. The first-order valence-corrected chi connectivity index (χ1v) is 17.5. The molecule has 4 N–H and O–H groups in total. The van der Waals surface area contributed by atoms with Crippen molar-refractivity contribution in [3.63, 3.8) is 0 Å². The Labute approximate surface area is 286 Å². The summed E-state index contributed by atoms with van der Waals surface area (Å²) in [5.41, 5.74) is 1.97. The van der Waals surface area contributed by atoms with Crippen LogP contribution in [0.15, 0.2) is 70.8 Å². The molecule has 2 aromatic carbocycles. The lowest BCUT2D eigenvalue weighted by atomic mass is 9.86. The maximum absolute atomic E-state index is 13.8. The van der Waals surface area contributed by atoms with E-state index in [9.17, 15) is 19.6 Å². The van der Waals surface area contributed by atoms with Crippen LogP contribution in [0, 0.1) is 24.2 Å². The van der Waals surface area contributed by atoms with Crippen molar-refractivity contribution < 1.29 is 19.1 Å². The number of nitrogens with one attached hydrogen (secondary N) is 4. The van der Waals surface area contributed by atoms with Gasteiger partial charge in [0.25, 0.3) is 11.8 Å². The number of hydrogen-bond acceptors (Lipinski definition) is 8. The molecule has 4 heterocycles. The van der Waals surface area contributed by atoms with Crippen LogP contribution in [0.4, 0.5) is 10.5 Å². The molecular weight excluding hydrogens is 627 g/mol. The number of urea groups is 1. The summed E-state index contributed by atoms with van der Waals surface area (Å²) >= 11 is 1.46. The minimum atomic E-state index is -0.506. The van der Waals surface area contributed by atoms with Gasteiger partial charge in [-0.25, -0.2) is 4.79 Å². The molecule has 0 spiro atoms. The number of hydrogen-bond donors (Lipinski definition) is 4. The molecule has 0 aromatic heterocycles. The SMILES string of the molecule is CCNC(C)(C)/C=C(\C#N)C(=O)N1CCC[C@@H](NC(=O)C2=C3NC(=O)N(c4ccc(Oc5ccccc5)cc4C)C4CCNC(S2)C34)C1. The quantitative estimate of drug-likeness (QED) is 0.226. The number of likely N-dealkylation sites (tertiary alicyclic amines) is 1. The van der Waals surface area contributed by atoms with E-state index in [4.69, 9.17) is 4.74 Å². The number of rotatable bonds is 9. The van der Waals surface area contributed by atoms with Gasteiger partial charge < -0.3 is 30.9 Å². The molecule has 2 aromatic rings. The molecule has 3 saturated heterocycles. The summed E-state index contributed by atoms with van der Waals surface area (Å²) < 4.78 is 6.02. The monoisotopic (exact) mass is 669 g/mol. The number of thioether (sulfide) groups is 1. The number of nitriles is 1. The Bertz CT molecular complexity index is 1680. The second-order valence-electron chi connectivity index (χ2n) is 13.3. The number of aryl methyl sites for hydroxylation is 1. The van der Waals surface area contributed by atoms with Crippen molar-refractivity contribution in [2.75, 3.05) is 31.1 Å². The standard InChI is InChI=1S/C36H43N7O4S/c1-5-39-36(3,4)19-23(20-37)34(45)42-17-9-10-24(21-42)40-32(44)31-30-29-28(15-16-38-33(29)48-31)43(35(46)41-30)27-14-13-26(18-22(27)2)47-25-11-7-6-8-12-25/h6-8,11-14,18-19,24,28-29,33,38-39H,5,9-10,15-17,21H2,1-4H3,(H,40,44)(H,41,46)/b23-19+/t24-,28?,29?,33?/m1/s1. The third kappa shape index (κ3) is 6.95. The van der Waals surface area contributed by atoms with E-state index in [1.54, 1.807) is 11.0 Å². The molecule has 11 nitrogen and oxygen atoms in total. The molecule has 4 atom stereocenters. The molecule has 0 bridgehead atoms. The lowest BCUT2D eigenvalue weighted by molar-refractivity contribution is -0.129. The van der Waals surface area contributed by atoms with Gasteiger partial charge in [0.15, 0.2) is 0 Å². The van der Waals surface area contributed by atoms with Crippen LogP contribution in [0.1, 0.15) is 45.6 Å². The first kappa shape index (κ1) is 33.6. The largest absolute Gasteiger partial charge is 0.457 e. The molecule has 252 valence electrons. The van der Waals surface area contributed by atoms with Gasteiger partial charge in [-0.15, -0.1) is 0 Å². The van der Waals surface area contributed by atoms with E-state index >= 15 is 0 Å². The lowest BCUT2D eigenvalue weighted by Crippen LogP contribution is -2.62. The maximum Gasteiger partial charge on any atom is 0.326 e. The fourth-order valence-corrected chi connectivity index (χ4v) is 8.60. The topological polar surface area (TPSA) is 139 Å². The second-order valence-corrected chi connectivity index (χ2v) is 14.4.